The van der Waals surface area contributed by atoms with E-state index >= 15 is 0 Å². The van der Waals surface area contributed by atoms with Gasteiger partial charge in [0.25, 0.3) is 5.56 Å². The van der Waals surface area contributed by atoms with Crippen molar-refractivity contribution in [3.63, 3.8) is 0 Å². The number of rotatable bonds is 4. The van der Waals surface area contributed by atoms with Crippen LogP contribution < -0.4 is 5.56 Å². The van der Waals surface area contributed by atoms with Crippen molar-refractivity contribution in [1.82, 2.24) is 13.9 Å². The van der Waals surface area contributed by atoms with Gasteiger partial charge in [0.1, 0.15) is 0 Å². The summed E-state index contributed by atoms with van der Waals surface area (Å²) in [7, 11) is -0.522. The highest BCUT2D eigenvalue weighted by Crippen LogP contribution is 2.18. The minimum atomic E-state index is -3.50. The lowest BCUT2D eigenvalue weighted by Crippen LogP contribution is -2.25. The molecule has 0 aliphatic rings. The van der Waals surface area contributed by atoms with Crippen LogP contribution in [0.1, 0.15) is 32.0 Å². The molecule has 6 nitrogen and oxygen atoms in total. The monoisotopic (exact) mass is 349 g/mol. The summed E-state index contributed by atoms with van der Waals surface area (Å²) in [6.45, 7) is 6.26. The van der Waals surface area contributed by atoms with Crippen LogP contribution in [0.25, 0.3) is 0 Å². The maximum Gasteiger partial charge on any atom is 0.253 e. The number of hydrogen-bond acceptors (Lipinski definition) is 4. The third-order valence-electron chi connectivity index (χ3n) is 3.68. The Bertz CT molecular complexity index is 894. The van der Waals surface area contributed by atoms with Crippen LogP contribution in [0.3, 0.4) is 0 Å². The Morgan fingerprint density at radius 1 is 1.17 bits per heavy atom. The number of hydrogen-bond donors (Lipinski definition) is 0. The Labute approximate surface area is 142 Å². The van der Waals surface area contributed by atoms with Crippen LogP contribution in [0, 0.1) is 0 Å². The quantitative estimate of drug-likeness (QED) is 0.844. The second-order valence-corrected chi connectivity index (χ2v) is 9.08. The molecule has 0 saturated heterocycles. The van der Waals surface area contributed by atoms with Crippen molar-refractivity contribution in [3.05, 3.63) is 58.3 Å². The molecule has 0 fully saturated rings. The molecule has 0 radical (unpaired) electrons. The van der Waals surface area contributed by atoms with Gasteiger partial charge >= 0.3 is 0 Å². The molecule has 130 valence electrons. The minimum Gasteiger partial charge on any atom is -0.295 e. The summed E-state index contributed by atoms with van der Waals surface area (Å²) in [6.07, 6.45) is 1.51. The average Bonchev–Trinajstić information content (AvgIpc) is 2.48. The van der Waals surface area contributed by atoms with E-state index < -0.39 is 10.0 Å². The highest BCUT2D eigenvalue weighted by Gasteiger charge is 2.18. The molecular weight excluding hydrogens is 326 g/mol. The van der Waals surface area contributed by atoms with Gasteiger partial charge in [-0.1, -0.05) is 32.9 Å². The summed E-state index contributed by atoms with van der Waals surface area (Å²) in [5.74, 6) is 0. The highest BCUT2D eigenvalue weighted by atomic mass is 32.2. The van der Waals surface area contributed by atoms with Gasteiger partial charge in [-0.25, -0.2) is 17.7 Å². The zero-order valence-electron chi connectivity index (χ0n) is 14.6. The smallest absolute Gasteiger partial charge is 0.253 e. The molecule has 1 aromatic carbocycles. The molecule has 0 amide bonds. The maximum absolute atomic E-state index is 12.3. The van der Waals surface area contributed by atoms with Gasteiger partial charge in [0.15, 0.2) is 0 Å². The number of benzene rings is 1. The van der Waals surface area contributed by atoms with Crippen LogP contribution in [-0.2, 0) is 22.0 Å². The van der Waals surface area contributed by atoms with E-state index in [-0.39, 0.29) is 22.4 Å². The van der Waals surface area contributed by atoms with Crippen molar-refractivity contribution in [2.24, 2.45) is 0 Å². The first-order valence-electron chi connectivity index (χ1n) is 7.60. The van der Waals surface area contributed by atoms with Gasteiger partial charge in [0.05, 0.1) is 23.5 Å². The van der Waals surface area contributed by atoms with Gasteiger partial charge in [-0.3, -0.25) is 9.36 Å². The molecule has 24 heavy (non-hydrogen) atoms. The summed E-state index contributed by atoms with van der Waals surface area (Å²) < 4.78 is 27.0. The summed E-state index contributed by atoms with van der Waals surface area (Å²) in [6, 6.07) is 8.12. The van der Waals surface area contributed by atoms with Crippen molar-refractivity contribution in [3.8, 4) is 0 Å². The van der Waals surface area contributed by atoms with E-state index in [1.807, 2.05) is 20.8 Å². The largest absolute Gasteiger partial charge is 0.295 e. The standard InChI is InChI=1S/C17H23N3O3S/c1-17(2,3)15-10-16(21)20(12-18-15)11-13-7-6-8-14(9-13)24(22,23)19(4)5/h6-10,12H,11H2,1-5H3. The van der Waals surface area contributed by atoms with Crippen molar-refractivity contribution < 1.29 is 8.42 Å². The number of aromatic nitrogens is 2. The molecule has 0 bridgehead atoms. The molecule has 0 saturated carbocycles. The first-order chi connectivity index (χ1) is 11.0. The Hall–Kier alpha value is -1.99. The predicted octanol–water partition coefficient (Wildman–Crippen LogP) is 1.84. The lowest BCUT2D eigenvalue weighted by Gasteiger charge is -2.18. The van der Waals surface area contributed by atoms with Crippen LogP contribution >= 0.6 is 0 Å². The van der Waals surface area contributed by atoms with Crippen molar-refractivity contribution in [2.45, 2.75) is 37.6 Å². The zero-order valence-corrected chi connectivity index (χ0v) is 15.5. The normalized spacial score (nSPS) is 12.6. The SMILES string of the molecule is CN(C)S(=O)(=O)c1cccc(Cn2cnc(C(C)(C)C)cc2=O)c1. The predicted molar refractivity (Wildman–Crippen MR) is 93.6 cm³/mol. The molecule has 0 unspecified atom stereocenters. The molecule has 2 rings (SSSR count). The molecule has 0 aliphatic heterocycles. The molecular formula is C17H23N3O3S. The van der Waals surface area contributed by atoms with Gasteiger partial charge in [-0.2, -0.15) is 0 Å². The number of sulfonamides is 1. The molecule has 2 aromatic rings. The molecule has 0 aliphatic carbocycles. The van der Waals surface area contributed by atoms with Crippen molar-refractivity contribution in [1.29, 1.82) is 0 Å². The van der Waals surface area contributed by atoms with Crippen LogP contribution in [0.2, 0.25) is 0 Å². The highest BCUT2D eigenvalue weighted by molar-refractivity contribution is 7.89. The molecule has 0 atom stereocenters. The van der Waals surface area contributed by atoms with Crippen molar-refractivity contribution >= 4 is 10.0 Å². The fourth-order valence-corrected chi connectivity index (χ4v) is 3.14. The first-order valence-corrected chi connectivity index (χ1v) is 9.04. The van der Waals surface area contributed by atoms with Gasteiger partial charge in [0, 0.05) is 25.6 Å². The van der Waals surface area contributed by atoms with E-state index in [1.54, 1.807) is 24.3 Å². The second kappa shape index (κ2) is 6.49. The fraction of sp³-hybridized carbons (Fsp3) is 0.412. The van der Waals surface area contributed by atoms with E-state index in [2.05, 4.69) is 4.98 Å². The van der Waals surface area contributed by atoms with Crippen LogP contribution in [0.15, 0.2) is 46.3 Å². The lowest BCUT2D eigenvalue weighted by atomic mass is 9.92. The third-order valence-corrected chi connectivity index (χ3v) is 5.49. The van der Waals surface area contributed by atoms with Gasteiger partial charge in [-0.05, 0) is 17.7 Å². The summed E-state index contributed by atoms with van der Waals surface area (Å²) in [4.78, 5) is 16.8. The molecule has 1 aromatic heterocycles. The van der Waals surface area contributed by atoms with E-state index in [0.717, 1.165) is 15.6 Å². The molecule has 0 N–H and O–H groups in total. The van der Waals surface area contributed by atoms with Crippen LogP contribution in [0.4, 0.5) is 0 Å². The van der Waals surface area contributed by atoms with Crippen LogP contribution in [0.5, 0.6) is 0 Å². The second-order valence-electron chi connectivity index (χ2n) is 6.93. The summed E-state index contributed by atoms with van der Waals surface area (Å²) in [5, 5.41) is 0. The molecule has 0 spiro atoms. The minimum absolute atomic E-state index is 0.157. The van der Waals surface area contributed by atoms with E-state index in [4.69, 9.17) is 0 Å². The zero-order chi connectivity index (χ0) is 18.1. The lowest BCUT2D eigenvalue weighted by molar-refractivity contribution is 0.520. The Kier molecular flexibility index (Phi) is 4.96. The summed E-state index contributed by atoms with van der Waals surface area (Å²) >= 11 is 0. The molecule has 1 heterocycles. The van der Waals surface area contributed by atoms with E-state index in [9.17, 15) is 13.2 Å². The summed E-state index contributed by atoms with van der Waals surface area (Å²) in [5.41, 5.74) is 1.10. The van der Waals surface area contributed by atoms with E-state index in [1.165, 1.54) is 31.1 Å². The number of nitrogens with zero attached hydrogens (tertiary/aromatic N) is 3. The van der Waals surface area contributed by atoms with E-state index in [0.29, 0.717) is 0 Å². The van der Waals surface area contributed by atoms with Crippen LogP contribution in [-0.4, -0.2) is 36.4 Å². The third kappa shape index (κ3) is 3.91. The maximum atomic E-state index is 12.3. The van der Waals surface area contributed by atoms with Gasteiger partial charge in [0.2, 0.25) is 10.0 Å². The Balaban J connectivity index is 2.35. The molecule has 7 heteroatoms. The fourth-order valence-electron chi connectivity index (χ4n) is 2.17. The van der Waals surface area contributed by atoms with Gasteiger partial charge < -0.3 is 0 Å². The first kappa shape index (κ1) is 18.4. The van der Waals surface area contributed by atoms with Crippen molar-refractivity contribution in [2.75, 3.05) is 14.1 Å². The average molecular weight is 349 g/mol. The Morgan fingerprint density at radius 2 is 1.83 bits per heavy atom. The topological polar surface area (TPSA) is 72.3 Å². The Morgan fingerprint density at radius 3 is 2.38 bits per heavy atom. The van der Waals surface area contributed by atoms with Gasteiger partial charge in [-0.15, -0.1) is 0 Å².